The molecule has 0 aromatic carbocycles. The van der Waals surface area contributed by atoms with Gasteiger partial charge in [-0.25, -0.2) is 4.98 Å². The van der Waals surface area contributed by atoms with E-state index in [9.17, 15) is 0 Å². The minimum Gasteiger partial charge on any atom is -0.372 e. The molecule has 14 heavy (non-hydrogen) atoms. The lowest BCUT2D eigenvalue weighted by molar-refractivity contribution is 0.0761. The lowest BCUT2D eigenvalue weighted by Gasteiger charge is -2.06. The fourth-order valence-electron chi connectivity index (χ4n) is 1.20. The summed E-state index contributed by atoms with van der Waals surface area (Å²) in [5.41, 5.74) is 1.15. The molecule has 0 spiro atoms. The van der Waals surface area contributed by atoms with Crippen molar-refractivity contribution >= 4 is 11.3 Å². The van der Waals surface area contributed by atoms with Crippen LogP contribution >= 0.6 is 11.3 Å². The third-order valence-electron chi connectivity index (χ3n) is 1.94. The van der Waals surface area contributed by atoms with Crippen molar-refractivity contribution in [3.05, 3.63) is 28.7 Å². The number of hydrogen-bond acceptors (Lipinski definition) is 3. The summed E-state index contributed by atoms with van der Waals surface area (Å²) in [6, 6.07) is 0. The van der Waals surface area contributed by atoms with E-state index in [-0.39, 0.29) is 6.10 Å². The van der Waals surface area contributed by atoms with Gasteiger partial charge < -0.3 is 4.74 Å². The molecule has 1 atom stereocenters. The molecule has 0 unspecified atom stereocenters. The standard InChI is InChI=1S/C11H17NOS/c1-4-6-7-10-8-14-11(12-10)9(3)13-5-2/h4,8-9H,1,5-7H2,2-3H3/t9-/m1/s1. The molecule has 0 saturated carbocycles. The van der Waals surface area contributed by atoms with Crippen LogP contribution in [0.2, 0.25) is 0 Å². The molecule has 1 aromatic rings. The van der Waals surface area contributed by atoms with E-state index >= 15 is 0 Å². The minimum absolute atomic E-state index is 0.127. The van der Waals surface area contributed by atoms with Gasteiger partial charge in [-0.15, -0.1) is 17.9 Å². The number of aromatic nitrogens is 1. The lowest BCUT2D eigenvalue weighted by atomic mass is 10.2. The number of thiazole rings is 1. The van der Waals surface area contributed by atoms with Crippen LogP contribution in [0.1, 0.15) is 37.1 Å². The number of aryl methyl sites for hydroxylation is 1. The highest BCUT2D eigenvalue weighted by molar-refractivity contribution is 7.09. The van der Waals surface area contributed by atoms with E-state index in [4.69, 9.17) is 4.74 Å². The van der Waals surface area contributed by atoms with Crippen molar-refractivity contribution < 1.29 is 4.74 Å². The van der Waals surface area contributed by atoms with E-state index in [2.05, 4.69) is 16.9 Å². The molecule has 0 saturated heterocycles. The average Bonchev–Trinajstić information content (AvgIpc) is 2.63. The molecule has 78 valence electrons. The highest BCUT2D eigenvalue weighted by Gasteiger charge is 2.09. The normalized spacial score (nSPS) is 12.7. The maximum atomic E-state index is 5.47. The molecule has 0 aliphatic carbocycles. The fourth-order valence-corrected chi connectivity index (χ4v) is 2.05. The summed E-state index contributed by atoms with van der Waals surface area (Å²) >= 11 is 1.68. The van der Waals surface area contributed by atoms with E-state index < -0.39 is 0 Å². The van der Waals surface area contributed by atoms with E-state index in [1.54, 1.807) is 11.3 Å². The predicted octanol–water partition coefficient (Wildman–Crippen LogP) is 3.36. The summed E-state index contributed by atoms with van der Waals surface area (Å²) in [6.45, 7) is 8.48. The molecule has 0 aliphatic heterocycles. The summed E-state index contributed by atoms with van der Waals surface area (Å²) in [5.74, 6) is 0. The minimum atomic E-state index is 0.127. The molecule has 2 nitrogen and oxygen atoms in total. The molecule has 0 bridgehead atoms. The van der Waals surface area contributed by atoms with Gasteiger partial charge in [-0.3, -0.25) is 0 Å². The Morgan fingerprint density at radius 1 is 1.71 bits per heavy atom. The second-order valence-corrected chi connectivity index (χ2v) is 3.99. The number of allylic oxidation sites excluding steroid dienone is 1. The van der Waals surface area contributed by atoms with Crippen LogP contribution in [0.3, 0.4) is 0 Å². The SMILES string of the molecule is C=CCCc1csc([C@@H](C)OCC)n1. The quantitative estimate of drug-likeness (QED) is 0.673. The Morgan fingerprint density at radius 2 is 2.50 bits per heavy atom. The Morgan fingerprint density at radius 3 is 3.14 bits per heavy atom. The van der Waals surface area contributed by atoms with Gasteiger partial charge >= 0.3 is 0 Å². The number of nitrogens with zero attached hydrogens (tertiary/aromatic N) is 1. The zero-order chi connectivity index (χ0) is 10.4. The van der Waals surface area contributed by atoms with E-state index in [0.29, 0.717) is 0 Å². The first-order valence-electron chi connectivity index (χ1n) is 4.94. The summed E-state index contributed by atoms with van der Waals surface area (Å²) in [7, 11) is 0. The van der Waals surface area contributed by atoms with Crippen molar-refractivity contribution in [1.82, 2.24) is 4.98 Å². The van der Waals surface area contributed by atoms with Crippen molar-refractivity contribution in [2.24, 2.45) is 0 Å². The molecular formula is C11H17NOS. The molecule has 1 heterocycles. The first kappa shape index (κ1) is 11.4. The van der Waals surface area contributed by atoms with Crippen LogP contribution in [0.4, 0.5) is 0 Å². The number of ether oxygens (including phenoxy) is 1. The number of hydrogen-bond donors (Lipinski definition) is 0. The van der Waals surface area contributed by atoms with Crippen molar-refractivity contribution in [2.75, 3.05) is 6.61 Å². The van der Waals surface area contributed by atoms with Crippen LogP contribution in [-0.4, -0.2) is 11.6 Å². The van der Waals surface area contributed by atoms with Gasteiger partial charge in [0.2, 0.25) is 0 Å². The highest BCUT2D eigenvalue weighted by atomic mass is 32.1. The highest BCUT2D eigenvalue weighted by Crippen LogP contribution is 2.21. The van der Waals surface area contributed by atoms with E-state index in [0.717, 1.165) is 30.2 Å². The largest absolute Gasteiger partial charge is 0.372 e. The molecule has 0 fully saturated rings. The van der Waals surface area contributed by atoms with Gasteiger partial charge in [-0.05, 0) is 26.7 Å². The third kappa shape index (κ3) is 3.24. The molecule has 0 N–H and O–H groups in total. The van der Waals surface area contributed by atoms with E-state index in [1.165, 1.54) is 0 Å². The van der Waals surface area contributed by atoms with E-state index in [1.807, 2.05) is 19.9 Å². The summed E-state index contributed by atoms with van der Waals surface area (Å²) in [6.07, 6.45) is 4.03. The van der Waals surface area contributed by atoms with Crippen molar-refractivity contribution in [2.45, 2.75) is 32.8 Å². The summed E-state index contributed by atoms with van der Waals surface area (Å²) < 4.78 is 5.47. The zero-order valence-electron chi connectivity index (χ0n) is 8.82. The summed E-state index contributed by atoms with van der Waals surface area (Å²) in [5, 5.41) is 3.18. The van der Waals surface area contributed by atoms with Crippen LogP contribution < -0.4 is 0 Å². The Bertz CT molecular complexity index is 283. The maximum absolute atomic E-state index is 5.47. The van der Waals surface area contributed by atoms with Crippen molar-refractivity contribution in [1.29, 1.82) is 0 Å². The maximum Gasteiger partial charge on any atom is 0.121 e. The lowest BCUT2D eigenvalue weighted by Crippen LogP contribution is -1.99. The second kappa shape index (κ2) is 5.94. The Hall–Kier alpha value is -0.670. The van der Waals surface area contributed by atoms with Gasteiger partial charge in [0.05, 0.1) is 5.69 Å². The molecule has 0 aliphatic rings. The van der Waals surface area contributed by atoms with Gasteiger partial charge in [0.25, 0.3) is 0 Å². The third-order valence-corrected chi connectivity index (χ3v) is 2.99. The van der Waals surface area contributed by atoms with Crippen molar-refractivity contribution in [3.8, 4) is 0 Å². The van der Waals surface area contributed by atoms with Crippen LogP contribution in [0, 0.1) is 0 Å². The van der Waals surface area contributed by atoms with Gasteiger partial charge in [-0.2, -0.15) is 0 Å². The predicted molar refractivity (Wildman–Crippen MR) is 60.7 cm³/mol. The number of rotatable bonds is 6. The Balaban J connectivity index is 2.53. The van der Waals surface area contributed by atoms with Gasteiger partial charge in [0, 0.05) is 12.0 Å². The topological polar surface area (TPSA) is 22.1 Å². The first-order chi connectivity index (χ1) is 6.77. The van der Waals surface area contributed by atoms with Crippen LogP contribution in [0.25, 0.3) is 0 Å². The van der Waals surface area contributed by atoms with Crippen molar-refractivity contribution in [3.63, 3.8) is 0 Å². The van der Waals surface area contributed by atoms with Gasteiger partial charge in [0.15, 0.2) is 0 Å². The molecule has 0 amide bonds. The zero-order valence-corrected chi connectivity index (χ0v) is 9.64. The fraction of sp³-hybridized carbons (Fsp3) is 0.545. The molecule has 1 rings (SSSR count). The molecule has 1 aromatic heterocycles. The van der Waals surface area contributed by atoms with Crippen LogP contribution in [0.15, 0.2) is 18.0 Å². The van der Waals surface area contributed by atoms with Crippen LogP contribution in [0.5, 0.6) is 0 Å². The average molecular weight is 211 g/mol. The first-order valence-corrected chi connectivity index (χ1v) is 5.82. The Kier molecular flexibility index (Phi) is 4.84. The molecule has 3 heteroatoms. The monoisotopic (exact) mass is 211 g/mol. The van der Waals surface area contributed by atoms with Crippen LogP contribution in [-0.2, 0) is 11.2 Å². The molecular weight excluding hydrogens is 194 g/mol. The molecule has 0 radical (unpaired) electrons. The Labute approximate surface area is 89.6 Å². The van der Waals surface area contributed by atoms with Gasteiger partial charge in [-0.1, -0.05) is 6.08 Å². The summed E-state index contributed by atoms with van der Waals surface area (Å²) in [4.78, 5) is 4.51. The smallest absolute Gasteiger partial charge is 0.121 e. The van der Waals surface area contributed by atoms with Gasteiger partial charge in [0.1, 0.15) is 11.1 Å². The second-order valence-electron chi connectivity index (χ2n) is 3.10.